The molecule has 29 heavy (non-hydrogen) atoms. The first kappa shape index (κ1) is 21.1. The van der Waals surface area contributed by atoms with Crippen LogP contribution in [0.5, 0.6) is 0 Å². The van der Waals surface area contributed by atoms with E-state index >= 15 is 0 Å². The summed E-state index contributed by atoms with van der Waals surface area (Å²) in [5.41, 5.74) is 2.82. The maximum atomic E-state index is 12.6. The monoisotopic (exact) mass is 414 g/mol. The number of carbonyl (C=O) groups excluding carboxylic acids is 1. The van der Waals surface area contributed by atoms with Crippen LogP contribution in [-0.4, -0.2) is 33.3 Å². The second-order valence-electron chi connectivity index (χ2n) is 6.95. The van der Waals surface area contributed by atoms with Gasteiger partial charge < -0.3 is 9.32 Å². The van der Waals surface area contributed by atoms with Gasteiger partial charge in [0.05, 0.1) is 4.90 Å². The number of furan rings is 1. The van der Waals surface area contributed by atoms with Crippen molar-refractivity contribution < 1.29 is 17.6 Å². The van der Waals surface area contributed by atoms with Crippen molar-refractivity contribution in [3.8, 4) is 0 Å². The summed E-state index contributed by atoms with van der Waals surface area (Å²) in [5.74, 6) is 0.941. The topological polar surface area (TPSA) is 79.6 Å². The normalized spacial score (nSPS) is 11.7. The Kier molecular flexibility index (Phi) is 6.39. The third kappa shape index (κ3) is 4.68. The van der Waals surface area contributed by atoms with E-state index in [2.05, 4.69) is 4.72 Å². The Bertz CT molecular complexity index is 1100. The Balaban J connectivity index is 1.64. The zero-order valence-electron chi connectivity index (χ0n) is 16.9. The molecule has 0 fully saturated rings. The molecule has 0 atom stereocenters. The Morgan fingerprint density at radius 1 is 1.10 bits per heavy atom. The van der Waals surface area contributed by atoms with Gasteiger partial charge in [-0.25, -0.2) is 13.1 Å². The molecular formula is C22H26N2O4S. The maximum absolute atomic E-state index is 12.6. The zero-order chi connectivity index (χ0) is 21.0. The van der Waals surface area contributed by atoms with E-state index in [1.807, 2.05) is 31.2 Å². The number of fused-ring (bicyclic) bond motifs is 1. The Labute approximate surface area is 171 Å². The smallest absolute Gasteiger partial charge is 0.240 e. The molecule has 2 aromatic carbocycles. The van der Waals surface area contributed by atoms with Crippen LogP contribution in [0, 0.1) is 0 Å². The minimum Gasteiger partial charge on any atom is -0.461 e. The number of aryl methyl sites for hydroxylation is 2. The fourth-order valence-electron chi connectivity index (χ4n) is 3.33. The summed E-state index contributed by atoms with van der Waals surface area (Å²) in [6, 6.07) is 14.5. The highest BCUT2D eigenvalue weighted by atomic mass is 32.2. The Hall–Kier alpha value is -2.64. The van der Waals surface area contributed by atoms with E-state index in [1.165, 1.54) is 7.05 Å². The van der Waals surface area contributed by atoms with Gasteiger partial charge in [-0.05, 0) is 37.2 Å². The van der Waals surface area contributed by atoms with Crippen LogP contribution < -0.4 is 4.72 Å². The summed E-state index contributed by atoms with van der Waals surface area (Å²) in [6.45, 7) is 2.54. The first-order valence-corrected chi connectivity index (χ1v) is 11.1. The predicted molar refractivity (Wildman–Crippen MR) is 113 cm³/mol. The van der Waals surface area contributed by atoms with Gasteiger partial charge in [-0.1, -0.05) is 37.3 Å². The van der Waals surface area contributed by atoms with E-state index < -0.39 is 10.0 Å². The van der Waals surface area contributed by atoms with Crippen LogP contribution in [0.25, 0.3) is 11.0 Å². The number of hydrogen-bond donors (Lipinski definition) is 1. The van der Waals surface area contributed by atoms with Gasteiger partial charge in [-0.3, -0.25) is 4.79 Å². The van der Waals surface area contributed by atoms with Gasteiger partial charge >= 0.3 is 0 Å². The van der Waals surface area contributed by atoms with E-state index in [0.29, 0.717) is 19.4 Å². The number of sulfonamides is 1. The molecule has 3 rings (SSSR count). The molecule has 1 aromatic heterocycles. The third-order valence-electron chi connectivity index (χ3n) is 5.05. The minimum atomic E-state index is -3.45. The third-order valence-corrected chi connectivity index (χ3v) is 6.48. The molecule has 6 nitrogen and oxygen atoms in total. The molecule has 0 aliphatic heterocycles. The molecule has 0 aliphatic carbocycles. The maximum Gasteiger partial charge on any atom is 0.240 e. The fraction of sp³-hybridized carbons (Fsp3) is 0.318. The van der Waals surface area contributed by atoms with Gasteiger partial charge in [-0.15, -0.1) is 0 Å². The van der Waals surface area contributed by atoms with E-state index in [9.17, 15) is 13.2 Å². The van der Waals surface area contributed by atoms with Gasteiger partial charge in [0.15, 0.2) is 0 Å². The molecule has 0 saturated carbocycles. The second-order valence-corrected chi connectivity index (χ2v) is 8.84. The predicted octanol–water partition coefficient (Wildman–Crippen LogP) is 3.49. The van der Waals surface area contributed by atoms with Gasteiger partial charge in [0.1, 0.15) is 11.3 Å². The highest BCUT2D eigenvalue weighted by Gasteiger charge is 2.17. The summed E-state index contributed by atoms with van der Waals surface area (Å²) >= 11 is 0. The number of rotatable bonds is 8. The van der Waals surface area contributed by atoms with Gasteiger partial charge in [0.25, 0.3) is 0 Å². The lowest BCUT2D eigenvalue weighted by Crippen LogP contribution is -2.26. The number of nitrogens with zero attached hydrogens (tertiary/aromatic N) is 1. The number of carbonyl (C=O) groups is 1. The molecule has 0 aliphatic rings. The van der Waals surface area contributed by atoms with E-state index in [1.54, 1.807) is 36.2 Å². The summed E-state index contributed by atoms with van der Waals surface area (Å²) in [4.78, 5) is 14.6. The van der Waals surface area contributed by atoms with Crippen LogP contribution in [0.15, 0.2) is 57.8 Å². The van der Waals surface area contributed by atoms with Crippen LogP contribution in [0.3, 0.4) is 0 Å². The Morgan fingerprint density at radius 3 is 2.45 bits per heavy atom. The minimum absolute atomic E-state index is 0.0317. The lowest BCUT2D eigenvalue weighted by Gasteiger charge is -2.17. The molecule has 1 N–H and O–H groups in total. The second kappa shape index (κ2) is 8.80. The molecule has 1 amide bonds. The zero-order valence-corrected chi connectivity index (χ0v) is 17.8. The van der Waals surface area contributed by atoms with Crippen LogP contribution in [0.4, 0.5) is 0 Å². The van der Waals surface area contributed by atoms with E-state index in [4.69, 9.17) is 4.42 Å². The molecule has 0 saturated heterocycles. The highest BCUT2D eigenvalue weighted by Crippen LogP contribution is 2.27. The fourth-order valence-corrected chi connectivity index (χ4v) is 4.06. The number of amides is 1. The van der Waals surface area contributed by atoms with E-state index in [-0.39, 0.29) is 10.8 Å². The number of benzene rings is 2. The summed E-state index contributed by atoms with van der Waals surface area (Å²) in [6.07, 6.45) is 1.68. The highest BCUT2D eigenvalue weighted by molar-refractivity contribution is 7.89. The summed E-state index contributed by atoms with van der Waals surface area (Å²) in [7, 11) is -0.270. The van der Waals surface area contributed by atoms with Crippen molar-refractivity contribution in [1.29, 1.82) is 0 Å². The lowest BCUT2D eigenvalue weighted by atomic mass is 10.1. The van der Waals surface area contributed by atoms with Crippen LogP contribution in [0.2, 0.25) is 0 Å². The van der Waals surface area contributed by atoms with Gasteiger partial charge in [0.2, 0.25) is 15.9 Å². The first-order valence-electron chi connectivity index (χ1n) is 9.61. The first-order chi connectivity index (χ1) is 13.9. The number of nitrogens with one attached hydrogen (secondary N) is 1. The molecule has 0 bridgehead atoms. The molecule has 154 valence electrons. The van der Waals surface area contributed by atoms with Crippen molar-refractivity contribution in [1.82, 2.24) is 9.62 Å². The molecule has 1 heterocycles. The summed E-state index contributed by atoms with van der Waals surface area (Å²) < 4.78 is 31.8. The van der Waals surface area contributed by atoms with Crippen molar-refractivity contribution in [3.63, 3.8) is 0 Å². The SMILES string of the molecule is CCc1oc2ccccc2c1CN(C)C(=O)CCc1ccc(S(=O)(=O)NC)cc1. The largest absolute Gasteiger partial charge is 0.461 e. The average Bonchev–Trinajstić information content (AvgIpc) is 3.09. The molecule has 0 radical (unpaired) electrons. The molecule has 0 unspecified atom stereocenters. The van der Waals surface area contributed by atoms with Crippen LogP contribution >= 0.6 is 0 Å². The molecular weight excluding hydrogens is 388 g/mol. The number of hydrogen-bond acceptors (Lipinski definition) is 4. The molecule has 7 heteroatoms. The number of para-hydroxylation sites is 1. The molecule has 3 aromatic rings. The van der Waals surface area contributed by atoms with Crippen molar-refractivity contribution in [2.75, 3.05) is 14.1 Å². The van der Waals surface area contributed by atoms with Crippen LogP contribution in [-0.2, 0) is 34.2 Å². The standard InChI is InChI=1S/C22H26N2O4S/c1-4-20-19(18-7-5-6-8-21(18)28-20)15-24(3)22(25)14-11-16-9-12-17(13-10-16)29(26,27)23-2/h5-10,12-13,23H,4,11,14-15H2,1-3H3. The summed E-state index contributed by atoms with van der Waals surface area (Å²) in [5, 5.41) is 1.05. The van der Waals surface area contributed by atoms with E-state index in [0.717, 1.165) is 34.3 Å². The van der Waals surface area contributed by atoms with Gasteiger partial charge in [-0.2, -0.15) is 0 Å². The quantitative estimate of drug-likeness (QED) is 0.612. The molecule has 0 spiro atoms. The van der Waals surface area contributed by atoms with Crippen molar-refractivity contribution >= 4 is 26.9 Å². The van der Waals surface area contributed by atoms with Crippen LogP contribution in [0.1, 0.15) is 30.2 Å². The average molecular weight is 415 g/mol. The van der Waals surface area contributed by atoms with Crippen molar-refractivity contribution in [2.45, 2.75) is 37.6 Å². The van der Waals surface area contributed by atoms with Crippen molar-refractivity contribution in [3.05, 3.63) is 65.4 Å². The Morgan fingerprint density at radius 2 is 1.79 bits per heavy atom. The van der Waals surface area contributed by atoms with Gasteiger partial charge in [0, 0.05) is 37.4 Å². The van der Waals surface area contributed by atoms with Crippen molar-refractivity contribution in [2.24, 2.45) is 0 Å². The lowest BCUT2D eigenvalue weighted by molar-refractivity contribution is -0.130.